The predicted molar refractivity (Wildman–Crippen MR) is 91.8 cm³/mol. The van der Waals surface area contributed by atoms with Gasteiger partial charge in [-0.3, -0.25) is 4.79 Å². The molecule has 1 aromatic carbocycles. The van der Waals surface area contributed by atoms with Crippen molar-refractivity contribution in [2.45, 2.75) is 32.6 Å². The van der Waals surface area contributed by atoms with Gasteiger partial charge in [-0.2, -0.15) is 0 Å². The molecule has 1 aliphatic heterocycles. The standard InChI is InChI=1S/C17H22Cl2N2O/c1-10-11-4-2-3-5-12(10)9-21(8-11)16-6-13(17(20)22)14(18)7-15(16)19/h6-7,10-12H,2-5,8-9H2,1H3,(H2,20,22). The molecule has 0 aromatic heterocycles. The summed E-state index contributed by atoms with van der Waals surface area (Å²) in [6, 6.07) is 3.40. The monoisotopic (exact) mass is 340 g/mol. The average Bonchev–Trinajstić information content (AvgIpc) is 2.56. The lowest BCUT2D eigenvalue weighted by Gasteiger charge is -2.43. The summed E-state index contributed by atoms with van der Waals surface area (Å²) in [6.45, 7) is 4.38. The second-order valence-corrected chi connectivity index (χ2v) is 7.53. The van der Waals surface area contributed by atoms with Gasteiger partial charge in [-0.25, -0.2) is 0 Å². The lowest BCUT2D eigenvalue weighted by Crippen LogP contribution is -2.44. The molecule has 2 bridgehead atoms. The number of nitrogens with zero attached hydrogens (tertiary/aromatic N) is 1. The molecule has 2 N–H and O–H groups in total. The zero-order valence-corrected chi connectivity index (χ0v) is 14.3. The van der Waals surface area contributed by atoms with Crippen molar-refractivity contribution in [2.75, 3.05) is 18.0 Å². The number of halogens is 2. The van der Waals surface area contributed by atoms with Gasteiger partial charge in [0.2, 0.25) is 5.91 Å². The number of primary amides is 1. The van der Waals surface area contributed by atoms with Crippen LogP contribution in [0.3, 0.4) is 0 Å². The molecular formula is C17H22Cl2N2O. The number of carbonyl (C=O) groups is 1. The van der Waals surface area contributed by atoms with E-state index in [4.69, 9.17) is 28.9 Å². The molecule has 2 aliphatic rings. The Morgan fingerprint density at radius 3 is 2.27 bits per heavy atom. The Morgan fingerprint density at radius 2 is 1.73 bits per heavy atom. The number of fused-ring (bicyclic) bond motifs is 2. The number of piperidine rings is 1. The summed E-state index contributed by atoms with van der Waals surface area (Å²) < 4.78 is 0. The molecule has 1 saturated carbocycles. The van der Waals surface area contributed by atoms with Crippen LogP contribution in [-0.4, -0.2) is 19.0 Å². The average molecular weight is 341 g/mol. The van der Waals surface area contributed by atoms with Gasteiger partial charge in [0.25, 0.3) is 0 Å². The number of hydrogen-bond donors (Lipinski definition) is 1. The Bertz CT molecular complexity index is 574. The van der Waals surface area contributed by atoms with Gasteiger partial charge >= 0.3 is 0 Å². The highest BCUT2D eigenvalue weighted by Gasteiger charge is 2.36. The van der Waals surface area contributed by atoms with Crippen molar-refractivity contribution in [2.24, 2.45) is 23.5 Å². The Kier molecular flexibility index (Phi) is 4.56. The van der Waals surface area contributed by atoms with Gasteiger partial charge in [-0.1, -0.05) is 43.0 Å². The van der Waals surface area contributed by atoms with Gasteiger partial charge in [0, 0.05) is 13.1 Å². The normalized spacial score (nSPS) is 28.3. The van der Waals surface area contributed by atoms with Crippen molar-refractivity contribution in [3.63, 3.8) is 0 Å². The maximum Gasteiger partial charge on any atom is 0.250 e. The third kappa shape index (κ3) is 2.93. The van der Waals surface area contributed by atoms with Crippen molar-refractivity contribution < 1.29 is 4.79 Å². The molecule has 1 heterocycles. The fourth-order valence-electron chi connectivity index (χ4n) is 4.04. The maximum atomic E-state index is 11.5. The number of benzene rings is 1. The van der Waals surface area contributed by atoms with Crippen LogP contribution in [0, 0.1) is 17.8 Å². The van der Waals surface area contributed by atoms with Gasteiger partial charge in [0.05, 0.1) is 21.3 Å². The molecule has 2 unspecified atom stereocenters. The van der Waals surface area contributed by atoms with Gasteiger partial charge < -0.3 is 10.6 Å². The van der Waals surface area contributed by atoms with Crippen molar-refractivity contribution in [1.82, 2.24) is 0 Å². The molecule has 1 amide bonds. The summed E-state index contributed by atoms with van der Waals surface area (Å²) in [4.78, 5) is 13.9. The largest absolute Gasteiger partial charge is 0.370 e. The minimum Gasteiger partial charge on any atom is -0.370 e. The van der Waals surface area contributed by atoms with Gasteiger partial charge in [0.15, 0.2) is 0 Å². The molecule has 2 atom stereocenters. The first-order chi connectivity index (χ1) is 10.5. The lowest BCUT2D eigenvalue weighted by molar-refractivity contribution is 0.100. The van der Waals surface area contributed by atoms with E-state index in [-0.39, 0.29) is 0 Å². The smallest absolute Gasteiger partial charge is 0.250 e. The minimum absolute atomic E-state index is 0.323. The molecule has 1 aromatic rings. The van der Waals surface area contributed by atoms with Crippen LogP contribution in [0.25, 0.3) is 0 Å². The van der Waals surface area contributed by atoms with E-state index < -0.39 is 5.91 Å². The van der Waals surface area contributed by atoms with Gasteiger partial charge in [-0.05, 0) is 42.7 Å². The Hall–Kier alpha value is -0.930. The van der Waals surface area contributed by atoms with E-state index in [2.05, 4.69) is 11.8 Å². The van der Waals surface area contributed by atoms with E-state index in [0.29, 0.717) is 27.4 Å². The van der Waals surface area contributed by atoms with Crippen LogP contribution in [0.1, 0.15) is 43.0 Å². The van der Waals surface area contributed by atoms with E-state index in [1.165, 1.54) is 25.7 Å². The molecule has 0 radical (unpaired) electrons. The number of nitrogens with two attached hydrogens (primary N) is 1. The number of hydrogen-bond acceptors (Lipinski definition) is 2. The molecule has 5 heteroatoms. The van der Waals surface area contributed by atoms with E-state index in [1.807, 2.05) is 0 Å². The predicted octanol–water partition coefficient (Wildman–Crippen LogP) is 4.35. The highest BCUT2D eigenvalue weighted by Crippen LogP contribution is 2.41. The van der Waals surface area contributed by atoms with Crippen LogP contribution in [0.2, 0.25) is 10.0 Å². The molecule has 22 heavy (non-hydrogen) atoms. The highest BCUT2D eigenvalue weighted by molar-refractivity contribution is 6.38. The van der Waals surface area contributed by atoms with Gasteiger partial charge in [-0.15, -0.1) is 0 Å². The molecule has 3 rings (SSSR count). The van der Waals surface area contributed by atoms with Crippen molar-refractivity contribution >= 4 is 34.8 Å². The summed E-state index contributed by atoms with van der Waals surface area (Å²) in [7, 11) is 0. The molecule has 2 fully saturated rings. The third-order valence-electron chi connectivity index (χ3n) is 5.44. The van der Waals surface area contributed by atoms with Crippen molar-refractivity contribution in [3.8, 4) is 0 Å². The first-order valence-electron chi connectivity index (χ1n) is 8.01. The molecule has 120 valence electrons. The Balaban J connectivity index is 1.94. The van der Waals surface area contributed by atoms with Gasteiger partial charge in [0.1, 0.15) is 0 Å². The van der Waals surface area contributed by atoms with E-state index in [0.717, 1.165) is 24.7 Å². The number of rotatable bonds is 2. The number of amides is 1. The molecule has 1 saturated heterocycles. The van der Waals surface area contributed by atoms with Crippen LogP contribution < -0.4 is 10.6 Å². The molecule has 0 spiro atoms. The second kappa shape index (κ2) is 6.29. The number of anilines is 1. The fraction of sp³-hybridized carbons (Fsp3) is 0.588. The van der Waals surface area contributed by atoms with E-state index >= 15 is 0 Å². The first kappa shape index (κ1) is 15.9. The SMILES string of the molecule is CC1C2CCCCC1CN(c1cc(C(N)=O)c(Cl)cc1Cl)C2. The summed E-state index contributed by atoms with van der Waals surface area (Å²) in [5.74, 6) is 1.65. The molecular weight excluding hydrogens is 319 g/mol. The summed E-state index contributed by atoms with van der Waals surface area (Å²) in [5.41, 5.74) is 6.66. The topological polar surface area (TPSA) is 46.3 Å². The minimum atomic E-state index is -0.509. The van der Waals surface area contributed by atoms with E-state index in [1.54, 1.807) is 12.1 Å². The second-order valence-electron chi connectivity index (χ2n) is 6.72. The van der Waals surface area contributed by atoms with E-state index in [9.17, 15) is 4.79 Å². The number of carbonyl (C=O) groups excluding carboxylic acids is 1. The fourth-order valence-corrected chi connectivity index (χ4v) is 4.64. The van der Waals surface area contributed by atoms with Crippen molar-refractivity contribution in [3.05, 3.63) is 27.7 Å². The summed E-state index contributed by atoms with van der Waals surface area (Å²) >= 11 is 12.5. The Labute approximate surface area is 141 Å². The maximum absolute atomic E-state index is 11.5. The summed E-state index contributed by atoms with van der Waals surface area (Å²) in [5, 5.41) is 0.922. The third-order valence-corrected chi connectivity index (χ3v) is 6.05. The first-order valence-corrected chi connectivity index (χ1v) is 8.76. The van der Waals surface area contributed by atoms with Crippen LogP contribution in [0.15, 0.2) is 12.1 Å². The Morgan fingerprint density at radius 1 is 1.14 bits per heavy atom. The van der Waals surface area contributed by atoms with Crippen LogP contribution in [0.4, 0.5) is 5.69 Å². The zero-order chi connectivity index (χ0) is 15.9. The lowest BCUT2D eigenvalue weighted by atomic mass is 9.78. The van der Waals surface area contributed by atoms with Crippen LogP contribution in [0.5, 0.6) is 0 Å². The zero-order valence-electron chi connectivity index (χ0n) is 12.8. The highest BCUT2D eigenvalue weighted by atomic mass is 35.5. The van der Waals surface area contributed by atoms with Crippen molar-refractivity contribution in [1.29, 1.82) is 0 Å². The molecule has 3 nitrogen and oxygen atoms in total. The molecule has 1 aliphatic carbocycles. The van der Waals surface area contributed by atoms with Crippen LogP contribution in [-0.2, 0) is 0 Å². The summed E-state index contributed by atoms with van der Waals surface area (Å²) in [6.07, 6.45) is 5.20. The van der Waals surface area contributed by atoms with Crippen LogP contribution >= 0.6 is 23.2 Å². The quantitative estimate of drug-likeness (QED) is 0.869.